The summed E-state index contributed by atoms with van der Waals surface area (Å²) in [6.07, 6.45) is 5.53. The minimum absolute atomic E-state index is 0.190. The number of amides is 1. The molecule has 1 amide bonds. The topological polar surface area (TPSA) is 77.1 Å². The van der Waals surface area contributed by atoms with E-state index in [1.807, 2.05) is 42.6 Å². The van der Waals surface area contributed by atoms with Crippen LogP contribution >= 0.6 is 0 Å². The molecule has 3 heterocycles. The molecular formula is C24H21FN6O. The van der Waals surface area contributed by atoms with Gasteiger partial charge in [-0.15, -0.1) is 0 Å². The monoisotopic (exact) mass is 428 g/mol. The van der Waals surface area contributed by atoms with Crippen LogP contribution in [0.2, 0.25) is 0 Å². The van der Waals surface area contributed by atoms with Gasteiger partial charge in [-0.3, -0.25) is 4.79 Å². The van der Waals surface area contributed by atoms with E-state index in [0.717, 1.165) is 33.5 Å². The van der Waals surface area contributed by atoms with Gasteiger partial charge in [-0.1, -0.05) is 12.1 Å². The summed E-state index contributed by atoms with van der Waals surface area (Å²) >= 11 is 0. The van der Waals surface area contributed by atoms with Crippen molar-refractivity contribution >= 4 is 28.1 Å². The number of imidazole rings is 1. The Labute approximate surface area is 183 Å². The molecule has 0 aliphatic heterocycles. The summed E-state index contributed by atoms with van der Waals surface area (Å²) in [7, 11) is 0. The predicted molar refractivity (Wildman–Crippen MR) is 120 cm³/mol. The number of carbonyl (C=O) groups is 1. The molecule has 0 aliphatic rings. The van der Waals surface area contributed by atoms with E-state index in [9.17, 15) is 9.18 Å². The number of nitrogens with one attached hydrogen (secondary N) is 1. The van der Waals surface area contributed by atoms with Crippen LogP contribution in [0.5, 0.6) is 0 Å². The van der Waals surface area contributed by atoms with E-state index in [1.54, 1.807) is 29.1 Å². The Kier molecular flexibility index (Phi) is 4.89. The molecule has 0 aliphatic carbocycles. The van der Waals surface area contributed by atoms with Crippen molar-refractivity contribution in [1.82, 2.24) is 24.1 Å². The van der Waals surface area contributed by atoms with E-state index in [4.69, 9.17) is 4.98 Å². The van der Waals surface area contributed by atoms with Gasteiger partial charge >= 0.3 is 0 Å². The molecule has 0 atom stereocenters. The summed E-state index contributed by atoms with van der Waals surface area (Å²) in [5.74, 6) is -0.628. The fraction of sp³-hybridized carbons (Fsp3) is 0.167. The maximum absolute atomic E-state index is 14.4. The van der Waals surface area contributed by atoms with Gasteiger partial charge in [-0.2, -0.15) is 5.10 Å². The fourth-order valence-electron chi connectivity index (χ4n) is 4.00. The highest BCUT2D eigenvalue weighted by Crippen LogP contribution is 2.23. The van der Waals surface area contributed by atoms with Crippen molar-refractivity contribution in [3.8, 4) is 5.69 Å². The first-order chi connectivity index (χ1) is 15.5. The van der Waals surface area contributed by atoms with Gasteiger partial charge in [-0.05, 0) is 56.2 Å². The lowest BCUT2D eigenvalue weighted by Crippen LogP contribution is -2.14. The number of rotatable bonds is 5. The summed E-state index contributed by atoms with van der Waals surface area (Å²) in [6.45, 7) is 3.94. The zero-order chi connectivity index (χ0) is 22.2. The molecule has 160 valence electrons. The Bertz CT molecular complexity index is 1450. The number of benzene rings is 2. The molecule has 5 rings (SSSR count). The SMILES string of the molecule is Cc1nc2c3ccccc3nn2c(C)c1CCC(=O)Nc1ccc(-n2ccnc2)c(F)c1. The van der Waals surface area contributed by atoms with E-state index in [1.165, 1.54) is 12.4 Å². The number of halogens is 1. The number of carbonyl (C=O) groups excluding carboxylic acids is 1. The van der Waals surface area contributed by atoms with E-state index in [0.29, 0.717) is 17.8 Å². The number of aromatic nitrogens is 5. The average Bonchev–Trinajstić information content (AvgIpc) is 3.42. The molecule has 0 saturated carbocycles. The number of nitrogens with zero attached hydrogens (tertiary/aromatic N) is 5. The zero-order valence-electron chi connectivity index (χ0n) is 17.7. The summed E-state index contributed by atoms with van der Waals surface area (Å²) in [5, 5.41) is 8.44. The first kappa shape index (κ1) is 19.9. The second-order valence-corrected chi connectivity index (χ2v) is 7.70. The number of fused-ring (bicyclic) bond motifs is 3. The van der Waals surface area contributed by atoms with Gasteiger partial charge in [-0.25, -0.2) is 18.9 Å². The molecule has 0 saturated heterocycles. The first-order valence-corrected chi connectivity index (χ1v) is 10.3. The van der Waals surface area contributed by atoms with Crippen LogP contribution in [0.3, 0.4) is 0 Å². The predicted octanol–water partition coefficient (Wildman–Crippen LogP) is 4.40. The maximum atomic E-state index is 14.4. The van der Waals surface area contributed by atoms with Gasteiger partial charge in [0.15, 0.2) is 5.65 Å². The molecule has 0 spiro atoms. The van der Waals surface area contributed by atoms with E-state index < -0.39 is 5.82 Å². The number of anilines is 1. The molecule has 0 radical (unpaired) electrons. The largest absolute Gasteiger partial charge is 0.326 e. The summed E-state index contributed by atoms with van der Waals surface area (Å²) in [6, 6.07) is 12.5. The highest BCUT2D eigenvalue weighted by Gasteiger charge is 2.15. The number of hydrogen-bond donors (Lipinski definition) is 1. The van der Waals surface area contributed by atoms with Crippen molar-refractivity contribution < 1.29 is 9.18 Å². The Hall–Kier alpha value is -4.07. The van der Waals surface area contributed by atoms with Crippen molar-refractivity contribution in [2.75, 3.05) is 5.32 Å². The van der Waals surface area contributed by atoms with Crippen LogP contribution in [0.4, 0.5) is 10.1 Å². The molecule has 0 fully saturated rings. The standard InChI is InChI=1S/C24H21FN6O/c1-15-18(16(2)31-24(27-15)19-5-3-4-6-21(19)29-31)8-10-23(32)28-17-7-9-22(20(25)13-17)30-12-11-26-14-30/h3-7,9,11-14H,8,10H2,1-2H3,(H,28,32). The van der Waals surface area contributed by atoms with Crippen molar-refractivity contribution in [2.45, 2.75) is 26.7 Å². The van der Waals surface area contributed by atoms with Gasteiger partial charge in [0.25, 0.3) is 0 Å². The van der Waals surface area contributed by atoms with Gasteiger partial charge in [0.1, 0.15) is 5.82 Å². The van der Waals surface area contributed by atoms with Crippen LogP contribution in [0, 0.1) is 19.7 Å². The molecule has 7 nitrogen and oxygen atoms in total. The quantitative estimate of drug-likeness (QED) is 0.450. The molecule has 3 aromatic heterocycles. The second kappa shape index (κ2) is 7.88. The van der Waals surface area contributed by atoms with Crippen LogP contribution in [0.15, 0.2) is 61.2 Å². The minimum Gasteiger partial charge on any atom is -0.326 e. The van der Waals surface area contributed by atoms with Crippen molar-refractivity contribution in [1.29, 1.82) is 0 Å². The fourth-order valence-corrected chi connectivity index (χ4v) is 4.00. The molecule has 8 heteroatoms. The Morgan fingerprint density at radius 3 is 2.78 bits per heavy atom. The normalized spacial score (nSPS) is 11.3. The van der Waals surface area contributed by atoms with Crippen LogP contribution in [0.1, 0.15) is 23.4 Å². The zero-order valence-corrected chi connectivity index (χ0v) is 17.7. The summed E-state index contributed by atoms with van der Waals surface area (Å²) < 4.78 is 17.9. The Balaban J connectivity index is 1.33. The lowest BCUT2D eigenvalue weighted by molar-refractivity contribution is -0.116. The van der Waals surface area contributed by atoms with E-state index in [-0.39, 0.29) is 12.3 Å². The third kappa shape index (κ3) is 3.49. The molecule has 0 bridgehead atoms. The molecule has 32 heavy (non-hydrogen) atoms. The third-order valence-corrected chi connectivity index (χ3v) is 5.63. The first-order valence-electron chi connectivity index (χ1n) is 10.3. The molecule has 1 N–H and O–H groups in total. The van der Waals surface area contributed by atoms with Gasteiger partial charge in [0, 0.05) is 41.3 Å². The lowest BCUT2D eigenvalue weighted by atomic mass is 10.1. The smallest absolute Gasteiger partial charge is 0.224 e. The van der Waals surface area contributed by atoms with Gasteiger partial charge in [0.2, 0.25) is 5.91 Å². The highest BCUT2D eigenvalue weighted by molar-refractivity contribution is 5.92. The minimum atomic E-state index is -0.437. The van der Waals surface area contributed by atoms with Crippen molar-refractivity contribution in [3.63, 3.8) is 0 Å². The van der Waals surface area contributed by atoms with Crippen LogP contribution in [-0.2, 0) is 11.2 Å². The van der Waals surface area contributed by atoms with Crippen LogP contribution in [0.25, 0.3) is 22.2 Å². The second-order valence-electron chi connectivity index (χ2n) is 7.70. The molecular weight excluding hydrogens is 407 g/mol. The molecule has 0 unspecified atom stereocenters. The number of aryl methyl sites for hydroxylation is 2. The van der Waals surface area contributed by atoms with Gasteiger partial charge < -0.3 is 9.88 Å². The molecule has 2 aromatic carbocycles. The number of hydrogen-bond acceptors (Lipinski definition) is 4. The average molecular weight is 428 g/mol. The van der Waals surface area contributed by atoms with Crippen LogP contribution < -0.4 is 5.32 Å². The Morgan fingerprint density at radius 2 is 2.00 bits per heavy atom. The van der Waals surface area contributed by atoms with Crippen molar-refractivity contribution in [2.24, 2.45) is 0 Å². The summed E-state index contributed by atoms with van der Waals surface area (Å²) in [4.78, 5) is 21.2. The maximum Gasteiger partial charge on any atom is 0.224 e. The highest BCUT2D eigenvalue weighted by atomic mass is 19.1. The molecule has 5 aromatic rings. The van der Waals surface area contributed by atoms with Gasteiger partial charge in [0.05, 0.1) is 17.5 Å². The lowest BCUT2D eigenvalue weighted by Gasteiger charge is -2.12. The van der Waals surface area contributed by atoms with E-state index in [2.05, 4.69) is 15.4 Å². The third-order valence-electron chi connectivity index (χ3n) is 5.63. The Morgan fingerprint density at radius 1 is 1.16 bits per heavy atom. The van der Waals surface area contributed by atoms with E-state index >= 15 is 0 Å². The van der Waals surface area contributed by atoms with Crippen molar-refractivity contribution in [3.05, 3.63) is 84.0 Å². The summed E-state index contributed by atoms with van der Waals surface area (Å²) in [5.41, 5.74) is 5.32. The van der Waals surface area contributed by atoms with Crippen LogP contribution in [-0.4, -0.2) is 30.1 Å².